The first-order valence-electron chi connectivity index (χ1n) is 10.4. The van der Waals surface area contributed by atoms with Gasteiger partial charge in [0.15, 0.2) is 10.9 Å². The van der Waals surface area contributed by atoms with Crippen LogP contribution in [0.5, 0.6) is 0 Å². The number of carbonyl (C=O) groups is 2. The van der Waals surface area contributed by atoms with E-state index in [0.717, 1.165) is 27.4 Å². The Morgan fingerprint density at radius 2 is 1.62 bits per heavy atom. The maximum absolute atomic E-state index is 12.4. The van der Waals surface area contributed by atoms with Crippen molar-refractivity contribution in [3.63, 3.8) is 0 Å². The summed E-state index contributed by atoms with van der Waals surface area (Å²) in [7, 11) is 0. The van der Waals surface area contributed by atoms with Crippen LogP contribution in [0.3, 0.4) is 0 Å². The number of hydrogen-bond acceptors (Lipinski definition) is 6. The highest BCUT2D eigenvalue weighted by atomic mass is 32.2. The Kier molecular flexibility index (Phi) is 6.04. The molecule has 0 aliphatic heterocycles. The van der Waals surface area contributed by atoms with Crippen molar-refractivity contribution in [3.05, 3.63) is 102 Å². The standard InChI is InChI=1S/C24H19N7O2S/c32-22(28-29-23(33)21-14-25-31(30-21)18-6-2-1-3-7-18)17-12-10-16(11-13-17)15-34-24-26-19-8-4-5-9-20(19)27-24/h1-14H,15H2,(H,26,27)(H,28,32)(H,29,33). The first kappa shape index (κ1) is 21.4. The van der Waals surface area contributed by atoms with Crippen LogP contribution in [-0.4, -0.2) is 36.8 Å². The van der Waals surface area contributed by atoms with E-state index in [2.05, 4.69) is 31.0 Å². The SMILES string of the molecule is O=C(NNC(=O)c1cnn(-c2ccccc2)n1)c1ccc(CSc2nc3ccccc3[nH]2)cc1. The minimum absolute atomic E-state index is 0.0853. The van der Waals surface area contributed by atoms with Crippen LogP contribution in [0.25, 0.3) is 16.7 Å². The molecule has 2 heterocycles. The Hall–Kier alpha value is -4.44. The third-order valence-corrected chi connectivity index (χ3v) is 5.90. The molecule has 9 nitrogen and oxygen atoms in total. The summed E-state index contributed by atoms with van der Waals surface area (Å²) in [6.45, 7) is 0. The fourth-order valence-electron chi connectivity index (χ4n) is 3.20. The van der Waals surface area contributed by atoms with E-state index in [9.17, 15) is 9.59 Å². The van der Waals surface area contributed by atoms with Crippen molar-refractivity contribution < 1.29 is 9.59 Å². The second-order valence-corrected chi connectivity index (χ2v) is 8.27. The predicted molar refractivity (Wildman–Crippen MR) is 128 cm³/mol. The van der Waals surface area contributed by atoms with Crippen molar-refractivity contribution in [1.29, 1.82) is 0 Å². The van der Waals surface area contributed by atoms with Gasteiger partial charge in [-0.25, -0.2) is 4.98 Å². The molecule has 3 aromatic carbocycles. The highest BCUT2D eigenvalue weighted by Gasteiger charge is 2.13. The summed E-state index contributed by atoms with van der Waals surface area (Å²) in [6.07, 6.45) is 1.34. The first-order valence-corrected chi connectivity index (χ1v) is 11.4. The number of thioether (sulfide) groups is 1. The molecule has 2 aromatic heterocycles. The molecular weight excluding hydrogens is 450 g/mol. The molecule has 5 aromatic rings. The van der Waals surface area contributed by atoms with Crippen LogP contribution < -0.4 is 10.9 Å². The molecule has 0 spiro atoms. The number of amides is 2. The predicted octanol–water partition coefficient (Wildman–Crippen LogP) is 3.51. The van der Waals surface area contributed by atoms with Crippen LogP contribution in [-0.2, 0) is 5.75 Å². The summed E-state index contributed by atoms with van der Waals surface area (Å²) in [6, 6.07) is 24.3. The quantitative estimate of drug-likeness (QED) is 0.259. The monoisotopic (exact) mass is 469 g/mol. The van der Waals surface area contributed by atoms with E-state index in [4.69, 9.17) is 0 Å². The Balaban J connectivity index is 1.14. The second-order valence-electron chi connectivity index (χ2n) is 7.31. The van der Waals surface area contributed by atoms with Crippen molar-refractivity contribution >= 4 is 34.6 Å². The van der Waals surface area contributed by atoms with Crippen LogP contribution in [0.15, 0.2) is 90.2 Å². The summed E-state index contributed by atoms with van der Waals surface area (Å²) >= 11 is 1.59. The van der Waals surface area contributed by atoms with Crippen molar-refractivity contribution in [2.45, 2.75) is 10.9 Å². The number of aromatic nitrogens is 5. The molecular formula is C24H19N7O2S. The minimum Gasteiger partial charge on any atom is -0.333 e. The number of hydrogen-bond donors (Lipinski definition) is 3. The van der Waals surface area contributed by atoms with E-state index in [1.807, 2.05) is 66.7 Å². The molecule has 0 aliphatic carbocycles. The summed E-state index contributed by atoms with van der Waals surface area (Å²) in [4.78, 5) is 33.9. The van der Waals surface area contributed by atoms with Crippen LogP contribution >= 0.6 is 11.8 Å². The Labute approximate surface area is 198 Å². The lowest BCUT2D eigenvalue weighted by Crippen LogP contribution is -2.41. The van der Waals surface area contributed by atoms with E-state index >= 15 is 0 Å². The summed E-state index contributed by atoms with van der Waals surface area (Å²) in [5, 5.41) is 9.05. The molecule has 0 saturated heterocycles. The number of para-hydroxylation sites is 3. The molecule has 0 unspecified atom stereocenters. The molecule has 0 radical (unpaired) electrons. The number of carbonyl (C=O) groups excluding carboxylic acids is 2. The largest absolute Gasteiger partial charge is 0.333 e. The average molecular weight is 470 g/mol. The van der Waals surface area contributed by atoms with Gasteiger partial charge in [-0.15, -0.1) is 5.10 Å². The van der Waals surface area contributed by atoms with Gasteiger partial charge in [0.05, 0.1) is 22.9 Å². The zero-order valence-electron chi connectivity index (χ0n) is 17.8. The number of aromatic amines is 1. The van der Waals surface area contributed by atoms with E-state index in [0.29, 0.717) is 11.3 Å². The number of fused-ring (bicyclic) bond motifs is 1. The fourth-order valence-corrected chi connectivity index (χ4v) is 4.05. The number of hydrazine groups is 1. The number of rotatable bonds is 6. The molecule has 34 heavy (non-hydrogen) atoms. The van der Waals surface area contributed by atoms with Crippen molar-refractivity contribution in [3.8, 4) is 5.69 Å². The van der Waals surface area contributed by atoms with Crippen molar-refractivity contribution in [2.24, 2.45) is 0 Å². The van der Waals surface area contributed by atoms with Gasteiger partial charge in [-0.3, -0.25) is 20.4 Å². The van der Waals surface area contributed by atoms with Crippen LogP contribution in [0, 0.1) is 0 Å². The third-order valence-electron chi connectivity index (χ3n) is 4.96. The molecule has 5 rings (SSSR count). The number of benzene rings is 3. The molecule has 3 N–H and O–H groups in total. The number of imidazole rings is 1. The van der Waals surface area contributed by atoms with Crippen LogP contribution in [0.2, 0.25) is 0 Å². The van der Waals surface area contributed by atoms with Crippen molar-refractivity contribution in [2.75, 3.05) is 0 Å². The van der Waals surface area contributed by atoms with Gasteiger partial charge in [0, 0.05) is 11.3 Å². The smallest absolute Gasteiger partial charge is 0.291 e. The van der Waals surface area contributed by atoms with E-state index in [1.54, 1.807) is 23.9 Å². The van der Waals surface area contributed by atoms with Gasteiger partial charge in [0.25, 0.3) is 11.8 Å². The molecule has 0 saturated carbocycles. The normalized spacial score (nSPS) is 10.8. The van der Waals surface area contributed by atoms with Gasteiger partial charge in [0.1, 0.15) is 0 Å². The Morgan fingerprint density at radius 1 is 0.882 bits per heavy atom. The highest BCUT2D eigenvalue weighted by Crippen LogP contribution is 2.23. The Morgan fingerprint density at radius 3 is 2.41 bits per heavy atom. The van der Waals surface area contributed by atoms with Crippen molar-refractivity contribution in [1.82, 2.24) is 35.8 Å². The average Bonchev–Trinajstić information content (AvgIpc) is 3.54. The van der Waals surface area contributed by atoms with Gasteiger partial charge >= 0.3 is 0 Å². The second kappa shape index (κ2) is 9.59. The fraction of sp³-hybridized carbons (Fsp3) is 0.0417. The van der Waals surface area contributed by atoms with Gasteiger partial charge in [0.2, 0.25) is 0 Å². The number of nitrogens with one attached hydrogen (secondary N) is 3. The molecule has 0 bridgehead atoms. The van der Waals surface area contributed by atoms with Gasteiger partial charge < -0.3 is 4.98 Å². The van der Waals surface area contributed by atoms with Crippen LogP contribution in [0.4, 0.5) is 0 Å². The molecule has 168 valence electrons. The summed E-state index contributed by atoms with van der Waals surface area (Å²) < 4.78 is 0. The lowest BCUT2D eigenvalue weighted by molar-refractivity contribution is 0.0843. The van der Waals surface area contributed by atoms with E-state index < -0.39 is 11.8 Å². The lowest BCUT2D eigenvalue weighted by atomic mass is 10.1. The molecule has 2 amide bonds. The first-order chi connectivity index (χ1) is 16.7. The minimum atomic E-state index is -0.561. The third kappa shape index (κ3) is 4.81. The van der Waals surface area contributed by atoms with Gasteiger partial charge in [-0.1, -0.05) is 54.2 Å². The Bertz CT molecular complexity index is 1410. The van der Waals surface area contributed by atoms with Crippen LogP contribution in [0.1, 0.15) is 26.4 Å². The zero-order valence-corrected chi connectivity index (χ0v) is 18.6. The van der Waals surface area contributed by atoms with E-state index in [-0.39, 0.29) is 5.69 Å². The van der Waals surface area contributed by atoms with Gasteiger partial charge in [-0.2, -0.15) is 9.90 Å². The van der Waals surface area contributed by atoms with E-state index in [1.165, 1.54) is 11.0 Å². The van der Waals surface area contributed by atoms with Gasteiger partial charge in [-0.05, 0) is 42.0 Å². The maximum atomic E-state index is 12.4. The lowest BCUT2D eigenvalue weighted by Gasteiger charge is -2.07. The summed E-state index contributed by atoms with van der Waals surface area (Å²) in [5.74, 6) is -0.287. The molecule has 0 atom stereocenters. The highest BCUT2D eigenvalue weighted by molar-refractivity contribution is 7.98. The topological polar surface area (TPSA) is 118 Å². The number of nitrogens with zero attached hydrogens (tertiary/aromatic N) is 4. The molecule has 0 fully saturated rings. The molecule has 10 heteroatoms. The number of H-pyrrole nitrogens is 1. The maximum Gasteiger partial charge on any atom is 0.291 e. The molecule has 0 aliphatic rings. The summed E-state index contributed by atoms with van der Waals surface area (Å²) in [5.41, 5.74) is 8.98. The zero-order chi connectivity index (χ0) is 23.3.